The molecule has 0 radical (unpaired) electrons. The molecule has 0 fully saturated rings. The van der Waals surface area contributed by atoms with Crippen LogP contribution in [0.4, 0.5) is 0 Å². The van der Waals surface area contributed by atoms with Gasteiger partial charge in [-0.2, -0.15) is 0 Å². The van der Waals surface area contributed by atoms with Crippen molar-refractivity contribution in [1.82, 2.24) is 9.88 Å². The highest BCUT2D eigenvalue weighted by atomic mass is 15.1. The smallest absolute Gasteiger partial charge is 0.127 e. The maximum atomic E-state index is 5.54. The average Bonchev–Trinajstić information content (AvgIpc) is 3.58. The molecule has 54 heavy (non-hydrogen) atoms. The van der Waals surface area contributed by atoms with Crippen LogP contribution < -0.4 is 5.32 Å². The number of aliphatic imine (C=N–C) groups is 1. The lowest BCUT2D eigenvalue weighted by molar-refractivity contribution is 0.515. The first-order valence-electron chi connectivity index (χ1n) is 19.0. The van der Waals surface area contributed by atoms with Crippen LogP contribution in [0, 0.1) is 0 Å². The molecule has 2 heterocycles. The molecule has 0 bridgehead atoms. The second kappa shape index (κ2) is 12.7. The van der Waals surface area contributed by atoms with Crippen LogP contribution in [0.15, 0.2) is 186 Å². The Hall–Kier alpha value is -6.29. The molecule has 8 aromatic rings. The Labute approximate surface area is 317 Å². The van der Waals surface area contributed by atoms with Gasteiger partial charge in [0.2, 0.25) is 0 Å². The number of aromatic nitrogens is 1. The van der Waals surface area contributed by atoms with Gasteiger partial charge in [0, 0.05) is 27.4 Å². The zero-order chi connectivity index (χ0) is 36.4. The van der Waals surface area contributed by atoms with Crippen LogP contribution in [0.1, 0.15) is 60.8 Å². The van der Waals surface area contributed by atoms with Crippen molar-refractivity contribution >= 4 is 27.5 Å². The van der Waals surface area contributed by atoms with E-state index >= 15 is 0 Å². The van der Waals surface area contributed by atoms with E-state index < -0.39 is 0 Å². The molecule has 1 aliphatic heterocycles. The van der Waals surface area contributed by atoms with E-state index in [-0.39, 0.29) is 17.6 Å². The maximum Gasteiger partial charge on any atom is 0.127 e. The molecule has 10 rings (SSSR count). The molecule has 7 aromatic carbocycles. The van der Waals surface area contributed by atoms with E-state index in [1.54, 1.807) is 0 Å². The van der Waals surface area contributed by atoms with Gasteiger partial charge in [-0.25, -0.2) is 0 Å². The fraction of sp³-hybridized carbons (Fsp3) is 0.118. The number of hydrogen-bond donors (Lipinski definition) is 1. The van der Waals surface area contributed by atoms with Crippen molar-refractivity contribution in [3.05, 3.63) is 209 Å². The molecule has 1 N–H and O–H groups in total. The third kappa shape index (κ3) is 5.27. The van der Waals surface area contributed by atoms with Crippen LogP contribution in [0.3, 0.4) is 0 Å². The monoisotopic (exact) mass is 695 g/mol. The molecule has 0 amide bonds. The Morgan fingerprint density at radius 2 is 1.20 bits per heavy atom. The van der Waals surface area contributed by atoms with Gasteiger partial charge in [-0.05, 0) is 87.3 Å². The van der Waals surface area contributed by atoms with Crippen molar-refractivity contribution in [2.75, 3.05) is 0 Å². The Bertz CT molecular complexity index is 2770. The highest BCUT2D eigenvalue weighted by Crippen LogP contribution is 2.51. The maximum absolute atomic E-state index is 5.54. The summed E-state index contributed by atoms with van der Waals surface area (Å²) < 4.78 is 2.45. The number of nitrogens with zero attached hydrogens (tertiary/aromatic N) is 2. The van der Waals surface area contributed by atoms with Gasteiger partial charge < -0.3 is 4.57 Å². The molecule has 3 nitrogen and oxygen atoms in total. The highest BCUT2D eigenvalue weighted by molar-refractivity contribution is 6.13. The van der Waals surface area contributed by atoms with Gasteiger partial charge in [0.05, 0.1) is 22.8 Å². The predicted octanol–water partition coefficient (Wildman–Crippen LogP) is 12.5. The van der Waals surface area contributed by atoms with E-state index in [9.17, 15) is 0 Å². The summed E-state index contributed by atoms with van der Waals surface area (Å²) in [5, 5.41) is 6.49. The number of para-hydroxylation sites is 1. The van der Waals surface area contributed by atoms with Crippen molar-refractivity contribution in [2.45, 2.75) is 38.4 Å². The zero-order valence-electron chi connectivity index (χ0n) is 30.8. The van der Waals surface area contributed by atoms with Crippen molar-refractivity contribution in [3.63, 3.8) is 0 Å². The molecule has 2 unspecified atom stereocenters. The standard InChI is InChI=1S/C51H41N3/c1-33-29-46(36-17-8-5-9-18-36)52-50(53-49(33)37-27-25-35(26-28-37)34-15-6-4-7-16-34)38-19-14-20-39(30-38)54-47-24-13-11-22-41(47)43-31-45-42(32-48(43)54)40-21-10-12-23-44(40)51(45,2)3/h4-32,46,50,52H,1-3H3. The van der Waals surface area contributed by atoms with E-state index in [2.05, 4.69) is 207 Å². The second-order valence-electron chi connectivity index (χ2n) is 15.3. The lowest BCUT2D eigenvalue weighted by atomic mass is 9.82. The van der Waals surface area contributed by atoms with Gasteiger partial charge in [0.1, 0.15) is 6.17 Å². The topological polar surface area (TPSA) is 29.3 Å². The van der Waals surface area contributed by atoms with E-state index in [0.717, 1.165) is 28.1 Å². The first kappa shape index (κ1) is 32.4. The SMILES string of the molecule is CC1=CC(c2ccccc2)NC(c2cccc(-n3c4ccccc4c4cc5c(cc43)-c3ccccc3C5(C)C)c2)N=C1c1ccc(-c2ccccc2)cc1. The van der Waals surface area contributed by atoms with Crippen molar-refractivity contribution in [2.24, 2.45) is 4.99 Å². The van der Waals surface area contributed by atoms with Gasteiger partial charge in [0.25, 0.3) is 0 Å². The second-order valence-corrected chi connectivity index (χ2v) is 15.3. The highest BCUT2D eigenvalue weighted by Gasteiger charge is 2.36. The van der Waals surface area contributed by atoms with Gasteiger partial charge in [-0.3, -0.25) is 10.3 Å². The molecule has 2 aliphatic rings. The lowest BCUT2D eigenvalue weighted by Crippen LogP contribution is -2.23. The third-order valence-corrected chi connectivity index (χ3v) is 11.6. The van der Waals surface area contributed by atoms with Gasteiger partial charge in [0.15, 0.2) is 0 Å². The number of rotatable bonds is 5. The van der Waals surface area contributed by atoms with E-state index in [4.69, 9.17) is 4.99 Å². The molecular formula is C51H41N3. The molecule has 3 heteroatoms. The molecule has 0 saturated heterocycles. The van der Waals surface area contributed by atoms with Crippen molar-refractivity contribution in [1.29, 1.82) is 0 Å². The lowest BCUT2D eigenvalue weighted by Gasteiger charge is -2.22. The molecule has 260 valence electrons. The van der Waals surface area contributed by atoms with Crippen molar-refractivity contribution < 1.29 is 0 Å². The van der Waals surface area contributed by atoms with Crippen LogP contribution in [0.5, 0.6) is 0 Å². The summed E-state index contributed by atoms with van der Waals surface area (Å²) in [5.41, 5.74) is 16.9. The van der Waals surface area contributed by atoms with Crippen LogP contribution in [-0.2, 0) is 5.41 Å². The predicted molar refractivity (Wildman–Crippen MR) is 226 cm³/mol. The fourth-order valence-corrected chi connectivity index (χ4v) is 8.87. The molecule has 0 spiro atoms. The van der Waals surface area contributed by atoms with E-state index in [0.29, 0.717) is 0 Å². The quantitative estimate of drug-likeness (QED) is 0.191. The normalized spacial score (nSPS) is 17.5. The zero-order valence-corrected chi connectivity index (χ0v) is 30.8. The number of fused-ring (bicyclic) bond motifs is 6. The fourth-order valence-electron chi connectivity index (χ4n) is 8.87. The van der Waals surface area contributed by atoms with Crippen LogP contribution in [0.25, 0.3) is 49.7 Å². The number of benzene rings is 7. The van der Waals surface area contributed by atoms with Crippen LogP contribution in [-0.4, -0.2) is 10.3 Å². The summed E-state index contributed by atoms with van der Waals surface area (Å²) >= 11 is 0. The van der Waals surface area contributed by atoms with Gasteiger partial charge in [-0.15, -0.1) is 0 Å². The number of allylic oxidation sites excluding steroid dienone is 1. The van der Waals surface area contributed by atoms with Gasteiger partial charge >= 0.3 is 0 Å². The van der Waals surface area contributed by atoms with Crippen molar-refractivity contribution in [3.8, 4) is 27.9 Å². The summed E-state index contributed by atoms with van der Waals surface area (Å²) in [7, 11) is 0. The summed E-state index contributed by atoms with van der Waals surface area (Å²) in [6.45, 7) is 6.91. The Morgan fingerprint density at radius 3 is 2.02 bits per heavy atom. The molecule has 1 aromatic heterocycles. The van der Waals surface area contributed by atoms with Gasteiger partial charge in [-0.1, -0.05) is 159 Å². The summed E-state index contributed by atoms with van der Waals surface area (Å²) in [5.74, 6) is 0. The van der Waals surface area contributed by atoms with Crippen LogP contribution >= 0.6 is 0 Å². The Kier molecular flexibility index (Phi) is 7.60. The minimum Gasteiger partial charge on any atom is -0.309 e. The third-order valence-electron chi connectivity index (χ3n) is 11.6. The molecule has 2 atom stereocenters. The molecular weight excluding hydrogens is 655 g/mol. The molecule has 1 aliphatic carbocycles. The summed E-state index contributed by atoms with van der Waals surface area (Å²) in [6, 6.07) is 61.7. The molecule has 0 saturated carbocycles. The average molecular weight is 696 g/mol. The van der Waals surface area contributed by atoms with E-state index in [1.165, 1.54) is 60.8 Å². The van der Waals surface area contributed by atoms with Crippen LogP contribution in [0.2, 0.25) is 0 Å². The summed E-state index contributed by atoms with van der Waals surface area (Å²) in [4.78, 5) is 5.54. The first-order valence-corrected chi connectivity index (χ1v) is 19.0. The largest absolute Gasteiger partial charge is 0.309 e. The minimum absolute atomic E-state index is 0.0102. The first-order chi connectivity index (χ1) is 26.4. The number of hydrogen-bond acceptors (Lipinski definition) is 2. The van der Waals surface area contributed by atoms with E-state index in [1.807, 2.05) is 0 Å². The Morgan fingerprint density at radius 1 is 0.537 bits per heavy atom. The minimum atomic E-state index is -0.280. The number of nitrogens with one attached hydrogen (secondary N) is 1. The Balaban J connectivity index is 1.12. The summed E-state index contributed by atoms with van der Waals surface area (Å²) in [6.07, 6.45) is 2.05.